The molecule has 0 atom stereocenters. The second-order valence-electron chi connectivity index (χ2n) is 13.9. The quantitative estimate of drug-likeness (QED) is 0.491. The Balaban J connectivity index is 1.40. The van der Waals surface area contributed by atoms with Gasteiger partial charge in [-0.25, -0.2) is 0 Å². The van der Waals surface area contributed by atoms with E-state index < -0.39 is 36.6 Å². The average molecular weight is 536 g/mol. The average Bonchev–Trinajstić information content (AvgIpc) is 3.50. The van der Waals surface area contributed by atoms with Crippen LogP contribution in [0.4, 0.5) is 11.4 Å². The first-order valence-electron chi connectivity index (χ1n) is 14.7. The zero-order chi connectivity index (χ0) is 28.2. The smallest absolute Gasteiger partial charge is 0.405 e. The van der Waals surface area contributed by atoms with Gasteiger partial charge in [0.1, 0.15) is 0 Å². The van der Waals surface area contributed by atoms with Gasteiger partial charge in [-0.3, -0.25) is 0 Å². The molecule has 0 bridgehead atoms. The van der Waals surface area contributed by atoms with Crippen molar-refractivity contribution in [2.24, 2.45) is 0 Å². The second kappa shape index (κ2) is 8.54. The molecule has 0 aromatic heterocycles. The highest BCUT2D eigenvalue weighted by molar-refractivity contribution is 6.86. The Labute approximate surface area is 239 Å². The van der Waals surface area contributed by atoms with E-state index in [0.29, 0.717) is 0 Å². The van der Waals surface area contributed by atoms with Gasteiger partial charge in [-0.2, -0.15) is 0 Å². The summed E-state index contributed by atoms with van der Waals surface area (Å²) >= 11 is 0. The third kappa shape index (κ3) is 3.81. The van der Waals surface area contributed by atoms with E-state index in [1.165, 1.54) is 21.9 Å². The number of rotatable bonds is 3. The van der Waals surface area contributed by atoms with Crippen molar-refractivity contribution >= 4 is 59.8 Å². The Kier molecular flexibility index (Phi) is 5.65. The number of benzene rings is 3. The van der Waals surface area contributed by atoms with E-state index in [4.69, 9.17) is 18.6 Å². The summed E-state index contributed by atoms with van der Waals surface area (Å²) in [6, 6.07) is 15.2. The molecule has 2 saturated heterocycles. The van der Waals surface area contributed by atoms with E-state index in [1.807, 2.05) is 0 Å². The topological polar surface area (TPSA) is 61.0 Å². The third-order valence-electron chi connectivity index (χ3n) is 10.3. The van der Waals surface area contributed by atoms with Gasteiger partial charge in [0.15, 0.2) is 0 Å². The molecule has 4 aliphatic rings. The van der Waals surface area contributed by atoms with Crippen molar-refractivity contribution in [3.05, 3.63) is 53.6 Å². The normalized spacial score (nSPS) is 23.4. The lowest BCUT2D eigenvalue weighted by molar-refractivity contribution is 0.00578. The monoisotopic (exact) mass is 536 g/mol. The van der Waals surface area contributed by atoms with Crippen molar-refractivity contribution < 1.29 is 18.6 Å². The summed E-state index contributed by atoms with van der Waals surface area (Å²) in [4.78, 5) is 0. The van der Waals surface area contributed by atoms with Crippen molar-refractivity contribution in [1.82, 2.24) is 0 Å². The summed E-state index contributed by atoms with van der Waals surface area (Å²) in [5.74, 6) is 0. The van der Waals surface area contributed by atoms with Gasteiger partial charge in [-0.15, -0.1) is 0 Å². The molecular formula is C31H39B3N2O4. The Morgan fingerprint density at radius 3 is 1.68 bits per heavy atom. The van der Waals surface area contributed by atoms with Crippen molar-refractivity contribution in [2.45, 2.75) is 97.1 Å². The molecule has 1 aliphatic carbocycles. The fourth-order valence-corrected chi connectivity index (χ4v) is 6.61. The summed E-state index contributed by atoms with van der Waals surface area (Å²) in [5.41, 5.74) is 6.58. The van der Waals surface area contributed by atoms with Crippen LogP contribution in [0.2, 0.25) is 0 Å². The molecule has 3 aromatic rings. The Morgan fingerprint density at radius 2 is 1.12 bits per heavy atom. The Bertz CT molecular complexity index is 1460. The van der Waals surface area contributed by atoms with Gasteiger partial charge in [0.2, 0.25) is 0 Å². The van der Waals surface area contributed by atoms with Gasteiger partial charge in [-0.05, 0) is 120 Å². The summed E-state index contributed by atoms with van der Waals surface area (Å²) in [5, 5.41) is 10.1. The highest BCUT2D eigenvalue weighted by Gasteiger charge is 2.56. The highest BCUT2D eigenvalue weighted by Crippen LogP contribution is 2.40. The zero-order valence-corrected chi connectivity index (χ0v) is 25.0. The molecule has 2 fully saturated rings. The van der Waals surface area contributed by atoms with Crippen LogP contribution in [0.5, 0.6) is 0 Å². The van der Waals surface area contributed by atoms with Gasteiger partial charge in [0, 0.05) is 16.8 Å². The van der Waals surface area contributed by atoms with Crippen molar-refractivity contribution in [3.8, 4) is 0 Å². The number of hydrogen-bond donors (Lipinski definition) is 2. The number of anilines is 2. The maximum Gasteiger partial charge on any atom is 0.495 e. The minimum atomic E-state index is -0.462. The van der Waals surface area contributed by atoms with Gasteiger partial charge in [0.25, 0.3) is 0 Å². The van der Waals surface area contributed by atoms with E-state index in [2.05, 4.69) is 108 Å². The van der Waals surface area contributed by atoms with Gasteiger partial charge >= 0.3 is 21.2 Å². The van der Waals surface area contributed by atoms with Crippen LogP contribution in [0.25, 0.3) is 10.8 Å². The fraction of sp³-hybridized carbons (Fsp3) is 0.484. The lowest BCUT2D eigenvalue weighted by Gasteiger charge is -2.32. The van der Waals surface area contributed by atoms with Gasteiger partial charge in [-0.1, -0.05) is 30.3 Å². The molecule has 0 radical (unpaired) electrons. The third-order valence-corrected chi connectivity index (χ3v) is 10.3. The molecule has 3 heterocycles. The minimum absolute atomic E-state index is 0.179. The standard InChI is InChI=1S/C31H39B3N2O4/c1-28(2)29(3,4)38-33(37-28)22-18-23(32-35-24-16-9-12-19-13-10-17-25(36-32)26(19)24)27(21-15-11-14-20(21)22)34-39-30(5,6)31(7,8)40-34/h9-10,12-13,16-18,35-36H,11,14-15H2,1-8H3. The van der Waals surface area contributed by atoms with Crippen LogP contribution in [0.15, 0.2) is 42.5 Å². The first-order chi connectivity index (χ1) is 18.8. The minimum Gasteiger partial charge on any atom is -0.405 e. The van der Waals surface area contributed by atoms with Crippen molar-refractivity contribution in [2.75, 3.05) is 10.5 Å². The van der Waals surface area contributed by atoms with Crippen LogP contribution in [-0.4, -0.2) is 43.6 Å². The van der Waals surface area contributed by atoms with E-state index in [-0.39, 0.29) is 6.98 Å². The Hall–Kier alpha value is -2.45. The summed E-state index contributed by atoms with van der Waals surface area (Å²) in [6.07, 6.45) is 3.06. The molecule has 0 amide bonds. The lowest BCUT2D eigenvalue weighted by Crippen LogP contribution is -2.61. The van der Waals surface area contributed by atoms with Crippen LogP contribution in [-0.2, 0) is 31.5 Å². The first-order valence-corrected chi connectivity index (χ1v) is 14.7. The predicted molar refractivity (Wildman–Crippen MR) is 166 cm³/mol. The number of fused-ring (bicyclic) bond motifs is 1. The molecule has 40 heavy (non-hydrogen) atoms. The SMILES string of the molecule is CC1(C)OB(c2cc(B3Nc4cccc5cccc(c45)N3)c(B3OC(C)(C)C(C)(C)O3)c3c2CCC3)OC1(C)C. The molecule has 2 N–H and O–H groups in total. The predicted octanol–water partition coefficient (Wildman–Crippen LogP) is 4.16. The summed E-state index contributed by atoms with van der Waals surface area (Å²) in [6.45, 7) is 16.8. The van der Waals surface area contributed by atoms with Gasteiger partial charge < -0.3 is 29.1 Å². The van der Waals surface area contributed by atoms with Crippen molar-refractivity contribution in [1.29, 1.82) is 0 Å². The van der Waals surface area contributed by atoms with Crippen LogP contribution >= 0.6 is 0 Å². The van der Waals surface area contributed by atoms with E-state index in [0.717, 1.165) is 47.0 Å². The molecule has 7 rings (SSSR count). The maximum absolute atomic E-state index is 6.73. The van der Waals surface area contributed by atoms with E-state index >= 15 is 0 Å². The molecular weight excluding hydrogens is 497 g/mol. The van der Waals surface area contributed by atoms with Crippen LogP contribution in [0, 0.1) is 0 Å². The molecule has 0 spiro atoms. The molecule has 6 nitrogen and oxygen atoms in total. The molecule has 206 valence electrons. The highest BCUT2D eigenvalue weighted by atomic mass is 16.7. The molecule has 3 aromatic carbocycles. The van der Waals surface area contributed by atoms with Gasteiger partial charge in [0.05, 0.1) is 22.4 Å². The maximum atomic E-state index is 6.73. The lowest BCUT2D eigenvalue weighted by atomic mass is 9.54. The van der Waals surface area contributed by atoms with Crippen LogP contribution in [0.1, 0.15) is 72.9 Å². The molecule has 9 heteroatoms. The Morgan fingerprint density at radius 1 is 0.625 bits per heavy atom. The van der Waals surface area contributed by atoms with E-state index in [1.54, 1.807) is 0 Å². The van der Waals surface area contributed by atoms with Crippen LogP contribution in [0.3, 0.4) is 0 Å². The van der Waals surface area contributed by atoms with Crippen LogP contribution < -0.4 is 26.8 Å². The molecule has 0 unspecified atom stereocenters. The summed E-state index contributed by atoms with van der Waals surface area (Å²) in [7, 11) is -0.891. The first kappa shape index (κ1) is 26.5. The fourth-order valence-electron chi connectivity index (χ4n) is 6.61. The zero-order valence-electron chi connectivity index (χ0n) is 25.0. The second-order valence-corrected chi connectivity index (χ2v) is 13.9. The number of hydrogen-bond acceptors (Lipinski definition) is 6. The molecule has 0 saturated carbocycles. The van der Waals surface area contributed by atoms with Crippen molar-refractivity contribution in [3.63, 3.8) is 0 Å². The van der Waals surface area contributed by atoms with E-state index in [9.17, 15) is 0 Å². The largest absolute Gasteiger partial charge is 0.495 e. The molecule has 3 aliphatic heterocycles. The number of nitrogens with one attached hydrogen (secondary N) is 2. The summed E-state index contributed by atoms with van der Waals surface area (Å²) < 4.78 is 26.7.